The van der Waals surface area contributed by atoms with Gasteiger partial charge in [-0.05, 0) is 60.7 Å². The number of carbonyl (C=O) groups excluding carboxylic acids is 1. The van der Waals surface area contributed by atoms with E-state index in [0.717, 1.165) is 24.0 Å². The van der Waals surface area contributed by atoms with Crippen LogP contribution in [0.2, 0.25) is 0 Å². The summed E-state index contributed by atoms with van der Waals surface area (Å²) in [6.07, 6.45) is 5.48. The number of hydrogen-bond donors (Lipinski definition) is 0. The van der Waals surface area contributed by atoms with E-state index in [-0.39, 0.29) is 17.5 Å². The van der Waals surface area contributed by atoms with Crippen LogP contribution in [-0.4, -0.2) is 33.2 Å². The first-order valence-electron chi connectivity index (χ1n) is 9.32. The second kappa shape index (κ2) is 7.39. The van der Waals surface area contributed by atoms with Gasteiger partial charge in [-0.1, -0.05) is 18.2 Å². The molecule has 28 heavy (non-hydrogen) atoms. The molecule has 0 atom stereocenters. The third-order valence-corrected chi connectivity index (χ3v) is 7.00. The van der Waals surface area contributed by atoms with Gasteiger partial charge in [-0.25, -0.2) is 12.8 Å². The van der Waals surface area contributed by atoms with Gasteiger partial charge in [0, 0.05) is 19.2 Å². The van der Waals surface area contributed by atoms with Crippen LogP contribution in [0, 0.1) is 5.82 Å². The maximum atomic E-state index is 13.6. The van der Waals surface area contributed by atoms with Crippen molar-refractivity contribution in [2.45, 2.75) is 19.3 Å². The predicted molar refractivity (Wildman–Crippen MR) is 108 cm³/mol. The first-order chi connectivity index (χ1) is 13.4. The number of hydrogen-bond acceptors (Lipinski definition) is 3. The summed E-state index contributed by atoms with van der Waals surface area (Å²) in [6, 6.07) is 11.6. The largest absolute Gasteiger partial charge is 0.308 e. The molecule has 146 valence electrons. The van der Waals surface area contributed by atoms with Gasteiger partial charge in [0.15, 0.2) is 0 Å². The zero-order chi connectivity index (χ0) is 19.7. The molecular formula is C21H21FN2O3S. The molecule has 1 fully saturated rings. The SMILES string of the molecule is O=C(C=Cc1ccc(N2CCCS2(=O)=O)cc1)N1CCCc2ccc(F)cc21. The first-order valence-corrected chi connectivity index (χ1v) is 10.9. The molecule has 2 aliphatic rings. The molecule has 2 aliphatic heterocycles. The lowest BCUT2D eigenvalue weighted by Crippen LogP contribution is -2.34. The van der Waals surface area contributed by atoms with Crippen LogP contribution in [0.5, 0.6) is 0 Å². The maximum absolute atomic E-state index is 13.6. The second-order valence-electron chi connectivity index (χ2n) is 7.03. The van der Waals surface area contributed by atoms with Gasteiger partial charge in [-0.3, -0.25) is 9.10 Å². The van der Waals surface area contributed by atoms with Crippen LogP contribution in [0.15, 0.2) is 48.5 Å². The molecule has 0 N–H and O–H groups in total. The molecule has 0 radical (unpaired) electrons. The highest BCUT2D eigenvalue weighted by Gasteiger charge is 2.28. The number of anilines is 2. The number of benzene rings is 2. The molecule has 5 nitrogen and oxygen atoms in total. The van der Waals surface area contributed by atoms with Crippen molar-refractivity contribution in [1.82, 2.24) is 0 Å². The molecule has 0 bridgehead atoms. The number of aryl methyl sites for hydroxylation is 1. The van der Waals surface area contributed by atoms with E-state index in [2.05, 4.69) is 0 Å². The van der Waals surface area contributed by atoms with Crippen LogP contribution in [0.1, 0.15) is 24.0 Å². The number of fused-ring (bicyclic) bond motifs is 1. The number of amides is 1. The van der Waals surface area contributed by atoms with Crippen LogP contribution in [0.3, 0.4) is 0 Å². The predicted octanol–water partition coefficient (Wildman–Crippen LogP) is 3.36. The Labute approximate surface area is 164 Å². The summed E-state index contributed by atoms with van der Waals surface area (Å²) in [5, 5.41) is 0. The fraction of sp³-hybridized carbons (Fsp3) is 0.286. The van der Waals surface area contributed by atoms with Gasteiger partial charge in [0.25, 0.3) is 5.91 Å². The van der Waals surface area contributed by atoms with Gasteiger partial charge in [0.2, 0.25) is 10.0 Å². The summed E-state index contributed by atoms with van der Waals surface area (Å²) in [4.78, 5) is 14.2. The molecule has 4 rings (SSSR count). The molecule has 2 heterocycles. The Bertz CT molecular complexity index is 1030. The lowest BCUT2D eigenvalue weighted by Gasteiger charge is -2.28. The molecule has 0 saturated carbocycles. The average molecular weight is 400 g/mol. The maximum Gasteiger partial charge on any atom is 0.250 e. The Morgan fingerprint density at radius 2 is 1.82 bits per heavy atom. The first kappa shape index (κ1) is 18.7. The lowest BCUT2D eigenvalue weighted by atomic mass is 10.0. The van der Waals surface area contributed by atoms with Crippen LogP contribution in [0.4, 0.5) is 15.8 Å². The minimum absolute atomic E-state index is 0.182. The fourth-order valence-electron chi connectivity index (χ4n) is 3.72. The molecule has 0 aliphatic carbocycles. The van der Waals surface area contributed by atoms with Crippen molar-refractivity contribution in [1.29, 1.82) is 0 Å². The third-order valence-electron chi connectivity index (χ3n) is 5.13. The van der Waals surface area contributed by atoms with E-state index >= 15 is 0 Å². The van der Waals surface area contributed by atoms with E-state index < -0.39 is 10.0 Å². The van der Waals surface area contributed by atoms with Crippen molar-refractivity contribution < 1.29 is 17.6 Å². The van der Waals surface area contributed by atoms with E-state index in [1.807, 2.05) is 0 Å². The van der Waals surface area contributed by atoms with Crippen LogP contribution >= 0.6 is 0 Å². The van der Waals surface area contributed by atoms with Crippen LogP contribution < -0.4 is 9.21 Å². The summed E-state index contributed by atoms with van der Waals surface area (Å²) < 4.78 is 39.0. The monoisotopic (exact) mass is 400 g/mol. The molecule has 2 aromatic carbocycles. The zero-order valence-electron chi connectivity index (χ0n) is 15.3. The average Bonchev–Trinajstić information content (AvgIpc) is 3.05. The third kappa shape index (κ3) is 3.67. The highest BCUT2D eigenvalue weighted by Crippen LogP contribution is 2.28. The van der Waals surface area contributed by atoms with E-state index in [0.29, 0.717) is 30.9 Å². The quantitative estimate of drug-likeness (QED) is 0.743. The number of nitrogens with zero attached hydrogens (tertiary/aromatic N) is 2. The number of sulfonamides is 1. The fourth-order valence-corrected chi connectivity index (χ4v) is 5.28. The van der Waals surface area contributed by atoms with Gasteiger partial charge >= 0.3 is 0 Å². The molecule has 7 heteroatoms. The summed E-state index contributed by atoms with van der Waals surface area (Å²) >= 11 is 0. The Balaban J connectivity index is 1.49. The highest BCUT2D eigenvalue weighted by molar-refractivity contribution is 7.93. The second-order valence-corrected chi connectivity index (χ2v) is 9.05. The minimum atomic E-state index is -3.20. The standard InChI is InChI=1S/C21H21FN2O3S/c22-18-8-7-17-3-1-12-23(20(17)15-18)21(25)11-6-16-4-9-19(10-5-16)24-13-2-14-28(24,26)27/h4-11,15H,1-3,12-14H2. The topological polar surface area (TPSA) is 57.7 Å². The normalized spacial score (nSPS) is 18.5. The Hall–Kier alpha value is -2.67. The molecular weight excluding hydrogens is 379 g/mol. The lowest BCUT2D eigenvalue weighted by molar-refractivity contribution is -0.114. The van der Waals surface area contributed by atoms with Crippen molar-refractivity contribution in [3.63, 3.8) is 0 Å². The van der Waals surface area contributed by atoms with Gasteiger partial charge < -0.3 is 4.90 Å². The highest BCUT2D eigenvalue weighted by atomic mass is 32.2. The summed E-state index contributed by atoms with van der Waals surface area (Å²) in [5.41, 5.74) is 3.05. The Morgan fingerprint density at radius 1 is 1.04 bits per heavy atom. The molecule has 1 saturated heterocycles. The summed E-state index contributed by atoms with van der Waals surface area (Å²) in [5.74, 6) is -0.367. The van der Waals surface area contributed by atoms with Crippen LogP contribution in [0.25, 0.3) is 6.08 Å². The van der Waals surface area contributed by atoms with Crippen molar-refractivity contribution in [3.8, 4) is 0 Å². The summed E-state index contributed by atoms with van der Waals surface area (Å²) in [6.45, 7) is 1.06. The van der Waals surface area contributed by atoms with E-state index in [1.54, 1.807) is 41.3 Å². The molecule has 0 unspecified atom stereocenters. The van der Waals surface area contributed by atoms with E-state index in [4.69, 9.17) is 0 Å². The van der Waals surface area contributed by atoms with Gasteiger partial charge in [0.1, 0.15) is 5.82 Å². The van der Waals surface area contributed by atoms with Crippen molar-refractivity contribution in [3.05, 3.63) is 65.5 Å². The Morgan fingerprint density at radius 3 is 2.54 bits per heavy atom. The zero-order valence-corrected chi connectivity index (χ0v) is 16.2. The van der Waals surface area contributed by atoms with Crippen molar-refractivity contribution in [2.24, 2.45) is 0 Å². The minimum Gasteiger partial charge on any atom is -0.308 e. The van der Waals surface area contributed by atoms with Gasteiger partial charge in [0.05, 0.1) is 17.1 Å². The van der Waals surface area contributed by atoms with Gasteiger partial charge in [-0.2, -0.15) is 0 Å². The Kier molecular flexibility index (Phi) is 4.93. The molecule has 2 aromatic rings. The van der Waals surface area contributed by atoms with Crippen molar-refractivity contribution in [2.75, 3.05) is 28.0 Å². The van der Waals surface area contributed by atoms with Gasteiger partial charge in [-0.15, -0.1) is 0 Å². The van der Waals surface area contributed by atoms with E-state index in [1.165, 1.54) is 22.5 Å². The number of halogens is 1. The number of rotatable bonds is 3. The van der Waals surface area contributed by atoms with E-state index in [9.17, 15) is 17.6 Å². The molecule has 1 amide bonds. The number of carbonyl (C=O) groups is 1. The van der Waals surface area contributed by atoms with Crippen LogP contribution in [-0.2, 0) is 21.2 Å². The smallest absolute Gasteiger partial charge is 0.250 e. The van der Waals surface area contributed by atoms with Crippen molar-refractivity contribution >= 4 is 33.4 Å². The molecule has 0 spiro atoms. The summed E-state index contributed by atoms with van der Waals surface area (Å²) in [7, 11) is -3.20. The molecule has 0 aromatic heterocycles.